The third kappa shape index (κ3) is 3.58. The van der Waals surface area contributed by atoms with Crippen LogP contribution in [0.2, 0.25) is 5.02 Å². The van der Waals surface area contributed by atoms with Crippen LogP contribution in [-0.4, -0.2) is 48.7 Å². The number of aryl methyl sites for hydroxylation is 1. The number of rotatable bonds is 5. The number of aliphatic hydroxyl groups excluding tert-OH is 1. The van der Waals surface area contributed by atoms with E-state index in [9.17, 15) is 14.7 Å². The summed E-state index contributed by atoms with van der Waals surface area (Å²) < 4.78 is 0. The Hall–Kier alpha value is -3.50. The number of nitrogens with zero attached hydrogens (tertiary/aromatic N) is 4. The Morgan fingerprint density at radius 1 is 1.40 bits per heavy atom. The topological polar surface area (TPSA) is 138 Å². The molecule has 1 atom stereocenters. The second-order valence-corrected chi connectivity index (χ2v) is 7.25. The highest BCUT2D eigenvalue weighted by Gasteiger charge is 2.26. The molecule has 2 aromatic heterocycles. The van der Waals surface area contributed by atoms with Crippen molar-refractivity contribution in [2.45, 2.75) is 20.1 Å². The summed E-state index contributed by atoms with van der Waals surface area (Å²) in [5.41, 5.74) is 4.22. The lowest BCUT2D eigenvalue weighted by atomic mass is 10.0. The molecule has 11 heteroatoms. The summed E-state index contributed by atoms with van der Waals surface area (Å²) in [7, 11) is 0. The van der Waals surface area contributed by atoms with E-state index in [-0.39, 0.29) is 18.4 Å². The Bertz CT molecular complexity index is 1170. The fourth-order valence-electron chi connectivity index (χ4n) is 3.37. The van der Waals surface area contributed by atoms with Gasteiger partial charge in [-0.05, 0) is 48.9 Å². The predicted octanol–water partition coefficient (Wildman–Crippen LogP) is 1.69. The number of nitrogens with one attached hydrogen (secondary N) is 3. The summed E-state index contributed by atoms with van der Waals surface area (Å²) in [6.45, 7) is 3.45. The quantitative estimate of drug-likeness (QED) is 0.457. The van der Waals surface area contributed by atoms with Gasteiger partial charge in [0.05, 0.1) is 17.7 Å². The van der Waals surface area contributed by atoms with Gasteiger partial charge in [-0.3, -0.25) is 9.59 Å². The summed E-state index contributed by atoms with van der Waals surface area (Å²) in [5, 5.41) is 26.8. The molecule has 3 aromatic rings. The van der Waals surface area contributed by atoms with Crippen molar-refractivity contribution in [2.75, 3.05) is 11.9 Å². The van der Waals surface area contributed by atoms with E-state index >= 15 is 0 Å². The van der Waals surface area contributed by atoms with Crippen molar-refractivity contribution in [1.82, 2.24) is 30.5 Å². The maximum atomic E-state index is 12.7. The van der Waals surface area contributed by atoms with E-state index in [1.165, 1.54) is 6.33 Å². The third-order valence-corrected chi connectivity index (χ3v) is 5.07. The zero-order valence-corrected chi connectivity index (χ0v) is 16.9. The average molecular weight is 428 g/mol. The van der Waals surface area contributed by atoms with E-state index in [0.29, 0.717) is 44.4 Å². The molecule has 154 valence electrons. The molecular formula is C19H18ClN7O3. The zero-order chi connectivity index (χ0) is 21.4. The highest BCUT2D eigenvalue weighted by Crippen LogP contribution is 2.35. The smallest absolute Gasteiger partial charge is 0.256 e. The van der Waals surface area contributed by atoms with E-state index in [0.717, 1.165) is 4.80 Å². The minimum atomic E-state index is -1.14. The Labute approximate surface area is 175 Å². The Balaban J connectivity index is 1.58. The van der Waals surface area contributed by atoms with Crippen molar-refractivity contribution in [2.24, 2.45) is 0 Å². The molecule has 4 rings (SSSR count). The summed E-state index contributed by atoms with van der Waals surface area (Å²) in [6.07, 6.45) is 1.75. The van der Waals surface area contributed by atoms with Crippen LogP contribution in [0.5, 0.6) is 0 Å². The number of carbonyl (C=O) groups is 2. The van der Waals surface area contributed by atoms with Gasteiger partial charge in [0.15, 0.2) is 12.6 Å². The van der Waals surface area contributed by atoms with Crippen LogP contribution in [0.3, 0.4) is 0 Å². The number of benzene rings is 1. The minimum absolute atomic E-state index is 0.0933. The Morgan fingerprint density at radius 3 is 2.93 bits per heavy atom. The van der Waals surface area contributed by atoms with E-state index in [1.54, 1.807) is 38.1 Å². The number of hydrogen-bond donors (Lipinski definition) is 4. The van der Waals surface area contributed by atoms with Crippen LogP contribution in [-0.2, 0) is 4.79 Å². The second-order valence-electron chi connectivity index (χ2n) is 6.81. The number of tetrazole rings is 1. The largest absolute Gasteiger partial charge is 0.369 e. The van der Waals surface area contributed by atoms with Gasteiger partial charge in [-0.2, -0.15) is 0 Å². The highest BCUT2D eigenvalue weighted by atomic mass is 35.5. The molecule has 1 aliphatic rings. The predicted molar refractivity (Wildman–Crippen MR) is 110 cm³/mol. The summed E-state index contributed by atoms with van der Waals surface area (Å²) in [6, 6.07) is 5.18. The van der Waals surface area contributed by atoms with E-state index in [2.05, 4.69) is 31.0 Å². The van der Waals surface area contributed by atoms with Crippen LogP contribution < -0.4 is 10.6 Å². The first-order chi connectivity index (χ1) is 14.3. The van der Waals surface area contributed by atoms with E-state index in [4.69, 9.17) is 11.6 Å². The van der Waals surface area contributed by atoms with Crippen LogP contribution in [0.1, 0.15) is 39.1 Å². The van der Waals surface area contributed by atoms with Gasteiger partial charge in [-0.15, -0.1) is 15.0 Å². The van der Waals surface area contributed by atoms with Gasteiger partial charge in [0.2, 0.25) is 0 Å². The lowest BCUT2D eigenvalue weighted by Gasteiger charge is -2.10. The molecule has 0 saturated carbocycles. The second kappa shape index (κ2) is 7.73. The van der Waals surface area contributed by atoms with Gasteiger partial charge in [0.25, 0.3) is 11.8 Å². The van der Waals surface area contributed by atoms with E-state index in [1.807, 2.05) is 0 Å². The van der Waals surface area contributed by atoms with Crippen LogP contribution in [0.4, 0.5) is 5.69 Å². The number of aromatic nitrogens is 5. The van der Waals surface area contributed by atoms with Crippen LogP contribution >= 0.6 is 11.6 Å². The number of carbonyl (C=O) groups excluding carboxylic acids is 2. The molecule has 2 amide bonds. The van der Waals surface area contributed by atoms with E-state index < -0.39 is 6.23 Å². The summed E-state index contributed by atoms with van der Waals surface area (Å²) >= 11 is 6.08. The Kier molecular flexibility index (Phi) is 5.10. The molecule has 10 nitrogen and oxygen atoms in total. The number of hydrogen-bond acceptors (Lipinski definition) is 6. The van der Waals surface area contributed by atoms with Crippen LogP contribution in [0.15, 0.2) is 24.5 Å². The lowest BCUT2D eigenvalue weighted by molar-refractivity contribution is -0.110. The monoisotopic (exact) mass is 427 g/mol. The normalized spacial score (nSPS) is 15.2. The third-order valence-electron chi connectivity index (χ3n) is 4.83. The van der Waals surface area contributed by atoms with Gasteiger partial charge in [-0.25, -0.2) is 0 Å². The van der Waals surface area contributed by atoms with Crippen molar-refractivity contribution in [3.8, 4) is 0 Å². The molecule has 0 radical (unpaired) electrons. The molecule has 1 aliphatic heterocycles. The van der Waals surface area contributed by atoms with Gasteiger partial charge >= 0.3 is 0 Å². The lowest BCUT2D eigenvalue weighted by Crippen LogP contribution is -2.32. The average Bonchev–Trinajstić information content (AvgIpc) is 3.40. The Morgan fingerprint density at radius 2 is 2.20 bits per heavy atom. The first kappa shape index (κ1) is 19.8. The number of aromatic amines is 1. The fraction of sp³-hybridized carbons (Fsp3) is 0.211. The number of fused-ring (bicyclic) bond motifs is 1. The molecular weight excluding hydrogens is 410 g/mol. The van der Waals surface area contributed by atoms with Crippen LogP contribution in [0, 0.1) is 13.8 Å². The van der Waals surface area contributed by atoms with Gasteiger partial charge in [-0.1, -0.05) is 11.6 Å². The number of H-pyrrole nitrogens is 1. The fourth-order valence-corrected chi connectivity index (χ4v) is 3.54. The molecule has 1 unspecified atom stereocenters. The molecule has 0 aliphatic carbocycles. The minimum Gasteiger partial charge on any atom is -0.369 e. The molecule has 3 heterocycles. The first-order valence-corrected chi connectivity index (χ1v) is 9.44. The zero-order valence-electron chi connectivity index (χ0n) is 16.1. The molecule has 0 bridgehead atoms. The van der Waals surface area contributed by atoms with Crippen molar-refractivity contribution >= 4 is 40.8 Å². The number of amides is 2. The van der Waals surface area contributed by atoms with Crippen molar-refractivity contribution in [3.63, 3.8) is 0 Å². The summed E-state index contributed by atoms with van der Waals surface area (Å²) in [4.78, 5) is 29.2. The molecule has 0 spiro atoms. The van der Waals surface area contributed by atoms with Crippen LogP contribution in [0.25, 0.3) is 11.6 Å². The summed E-state index contributed by atoms with van der Waals surface area (Å²) in [5.74, 6) is -0.613. The molecule has 0 fully saturated rings. The molecule has 1 aromatic carbocycles. The first-order valence-electron chi connectivity index (χ1n) is 9.06. The maximum Gasteiger partial charge on any atom is 0.256 e. The van der Waals surface area contributed by atoms with Crippen molar-refractivity contribution in [3.05, 3.63) is 57.6 Å². The van der Waals surface area contributed by atoms with Crippen molar-refractivity contribution < 1.29 is 14.7 Å². The molecule has 30 heavy (non-hydrogen) atoms. The number of anilines is 1. The van der Waals surface area contributed by atoms with Gasteiger partial charge in [0, 0.05) is 27.7 Å². The highest BCUT2D eigenvalue weighted by molar-refractivity contribution is 6.36. The number of halogens is 1. The number of aliphatic hydroxyl groups is 1. The maximum absolute atomic E-state index is 12.7. The van der Waals surface area contributed by atoms with Gasteiger partial charge in [0.1, 0.15) is 0 Å². The molecule has 0 saturated heterocycles. The van der Waals surface area contributed by atoms with Gasteiger partial charge < -0.3 is 20.7 Å². The van der Waals surface area contributed by atoms with Crippen molar-refractivity contribution in [1.29, 1.82) is 0 Å². The molecule has 4 N–H and O–H groups in total. The SMILES string of the molecule is Cc1[nH]c(/C=C2\C(=O)Nc3ccc(Cl)cc32)c(C)c1C(=O)NCC(O)n1ncnn1. The standard InChI is InChI=1S/C19H18ClN7O3/c1-9-15(6-13-12-5-11(20)3-4-14(12)25-18(13)29)24-10(2)17(9)19(30)21-7-16(28)27-23-8-22-26-27/h3-6,8,16,24,28H,7H2,1-2H3,(H,21,30)(H,25,29)/b13-6-.